The van der Waals surface area contributed by atoms with Gasteiger partial charge in [0.2, 0.25) is 0 Å². The second-order valence-electron chi connectivity index (χ2n) is 3.93. The van der Waals surface area contributed by atoms with E-state index in [2.05, 4.69) is 15.9 Å². The SMILES string of the molecule is COc1ccc(N)c(SCc2ccc(Br)cc2F)c1. The lowest BCUT2D eigenvalue weighted by atomic mass is 10.2. The van der Waals surface area contributed by atoms with E-state index in [9.17, 15) is 4.39 Å². The third-order valence-corrected chi connectivity index (χ3v) is 4.23. The van der Waals surface area contributed by atoms with Crippen LogP contribution in [0, 0.1) is 5.82 Å². The van der Waals surface area contributed by atoms with Crippen LogP contribution in [0.5, 0.6) is 5.75 Å². The quantitative estimate of drug-likeness (QED) is 0.658. The van der Waals surface area contributed by atoms with Crippen molar-refractivity contribution in [3.05, 3.63) is 52.3 Å². The molecule has 0 radical (unpaired) electrons. The predicted molar refractivity (Wildman–Crippen MR) is 81.1 cm³/mol. The Kier molecular flexibility index (Phi) is 4.71. The molecule has 0 amide bonds. The van der Waals surface area contributed by atoms with Crippen molar-refractivity contribution in [1.29, 1.82) is 0 Å². The number of halogens is 2. The van der Waals surface area contributed by atoms with E-state index in [1.165, 1.54) is 17.8 Å². The predicted octanol–water partition coefficient (Wildman–Crippen LogP) is 4.47. The van der Waals surface area contributed by atoms with Crippen LogP contribution in [-0.4, -0.2) is 7.11 Å². The van der Waals surface area contributed by atoms with E-state index in [4.69, 9.17) is 10.5 Å². The van der Waals surface area contributed by atoms with Crippen LogP contribution >= 0.6 is 27.7 Å². The summed E-state index contributed by atoms with van der Waals surface area (Å²) < 4.78 is 19.6. The summed E-state index contributed by atoms with van der Waals surface area (Å²) >= 11 is 4.73. The fraction of sp³-hybridized carbons (Fsp3) is 0.143. The molecule has 2 aromatic rings. The van der Waals surface area contributed by atoms with Crippen LogP contribution in [0.1, 0.15) is 5.56 Å². The standard InChI is InChI=1S/C14H13BrFNOS/c1-18-11-4-5-13(17)14(7-11)19-8-9-2-3-10(15)6-12(9)16/h2-7H,8,17H2,1H3. The van der Waals surface area contributed by atoms with Gasteiger partial charge in [0.05, 0.1) is 7.11 Å². The van der Waals surface area contributed by atoms with Crippen LogP contribution in [0.4, 0.5) is 10.1 Å². The second-order valence-corrected chi connectivity index (χ2v) is 5.86. The fourth-order valence-electron chi connectivity index (χ4n) is 1.56. The normalized spacial score (nSPS) is 10.5. The van der Waals surface area contributed by atoms with Gasteiger partial charge in [-0.1, -0.05) is 22.0 Å². The minimum Gasteiger partial charge on any atom is -0.497 e. The molecule has 0 fully saturated rings. The molecule has 0 unspecified atom stereocenters. The number of hydrogen-bond donors (Lipinski definition) is 1. The Bertz CT molecular complexity index is 592. The highest BCUT2D eigenvalue weighted by Crippen LogP contribution is 2.32. The molecule has 19 heavy (non-hydrogen) atoms. The fourth-order valence-corrected chi connectivity index (χ4v) is 2.87. The molecule has 2 aromatic carbocycles. The summed E-state index contributed by atoms with van der Waals surface area (Å²) in [7, 11) is 1.61. The molecule has 2 N–H and O–H groups in total. The van der Waals surface area contributed by atoms with Crippen molar-refractivity contribution in [2.45, 2.75) is 10.6 Å². The summed E-state index contributed by atoms with van der Waals surface area (Å²) in [5, 5.41) is 0. The molecule has 2 rings (SSSR count). The number of nitrogen functional groups attached to an aromatic ring is 1. The van der Waals surface area contributed by atoms with Gasteiger partial charge in [0.15, 0.2) is 0 Å². The molecule has 0 saturated carbocycles. The molecular weight excluding hydrogens is 329 g/mol. The second kappa shape index (κ2) is 6.30. The Hall–Kier alpha value is -1.20. The van der Waals surface area contributed by atoms with Gasteiger partial charge in [-0.15, -0.1) is 11.8 Å². The smallest absolute Gasteiger partial charge is 0.128 e. The topological polar surface area (TPSA) is 35.2 Å². The zero-order chi connectivity index (χ0) is 13.8. The van der Waals surface area contributed by atoms with Crippen molar-refractivity contribution < 1.29 is 9.13 Å². The Morgan fingerprint density at radius 2 is 2.05 bits per heavy atom. The minimum absolute atomic E-state index is 0.219. The van der Waals surface area contributed by atoms with Gasteiger partial charge in [-0.2, -0.15) is 0 Å². The first-order chi connectivity index (χ1) is 9.10. The molecule has 5 heteroatoms. The molecule has 0 heterocycles. The highest BCUT2D eigenvalue weighted by Gasteiger charge is 2.06. The molecule has 0 aromatic heterocycles. The number of methoxy groups -OCH3 is 1. The van der Waals surface area contributed by atoms with Crippen molar-refractivity contribution in [3.63, 3.8) is 0 Å². The average Bonchev–Trinajstić information content (AvgIpc) is 2.39. The summed E-state index contributed by atoms with van der Waals surface area (Å²) in [6.45, 7) is 0. The molecule has 0 saturated heterocycles. The molecule has 0 atom stereocenters. The van der Waals surface area contributed by atoms with Crippen LogP contribution in [0.3, 0.4) is 0 Å². The Morgan fingerprint density at radius 3 is 2.74 bits per heavy atom. The van der Waals surface area contributed by atoms with Crippen LogP contribution in [-0.2, 0) is 5.75 Å². The van der Waals surface area contributed by atoms with Gasteiger partial charge in [0.1, 0.15) is 11.6 Å². The maximum absolute atomic E-state index is 13.7. The van der Waals surface area contributed by atoms with Gasteiger partial charge in [-0.3, -0.25) is 0 Å². The lowest BCUT2D eigenvalue weighted by Gasteiger charge is -2.08. The van der Waals surface area contributed by atoms with Gasteiger partial charge in [0.25, 0.3) is 0 Å². The van der Waals surface area contributed by atoms with E-state index < -0.39 is 0 Å². The summed E-state index contributed by atoms with van der Waals surface area (Å²) in [6, 6.07) is 10.5. The van der Waals surface area contributed by atoms with E-state index in [0.717, 1.165) is 15.1 Å². The highest BCUT2D eigenvalue weighted by molar-refractivity contribution is 9.10. The van der Waals surface area contributed by atoms with E-state index in [0.29, 0.717) is 17.0 Å². The average molecular weight is 342 g/mol. The number of rotatable bonds is 4. The van der Waals surface area contributed by atoms with E-state index >= 15 is 0 Å². The van der Waals surface area contributed by atoms with Crippen molar-refractivity contribution in [2.24, 2.45) is 0 Å². The molecule has 0 spiro atoms. The lowest BCUT2D eigenvalue weighted by Crippen LogP contribution is -1.92. The Labute approximate surface area is 124 Å². The van der Waals surface area contributed by atoms with Gasteiger partial charge in [-0.05, 0) is 35.9 Å². The van der Waals surface area contributed by atoms with Crippen molar-refractivity contribution in [3.8, 4) is 5.75 Å². The lowest BCUT2D eigenvalue weighted by molar-refractivity contribution is 0.414. The summed E-state index contributed by atoms with van der Waals surface area (Å²) in [5.41, 5.74) is 7.21. The van der Waals surface area contributed by atoms with Crippen molar-refractivity contribution in [1.82, 2.24) is 0 Å². The Balaban J connectivity index is 2.14. The molecule has 0 aliphatic carbocycles. The third kappa shape index (κ3) is 3.64. The number of hydrogen-bond acceptors (Lipinski definition) is 3. The monoisotopic (exact) mass is 341 g/mol. The van der Waals surface area contributed by atoms with E-state index in [-0.39, 0.29) is 5.82 Å². The van der Waals surface area contributed by atoms with Gasteiger partial charge < -0.3 is 10.5 Å². The maximum atomic E-state index is 13.7. The molecule has 100 valence electrons. The third-order valence-electron chi connectivity index (χ3n) is 2.62. The van der Waals surface area contributed by atoms with E-state index in [1.54, 1.807) is 25.3 Å². The van der Waals surface area contributed by atoms with Crippen LogP contribution in [0.25, 0.3) is 0 Å². The zero-order valence-electron chi connectivity index (χ0n) is 10.3. The first-order valence-electron chi connectivity index (χ1n) is 5.60. The largest absolute Gasteiger partial charge is 0.497 e. The summed E-state index contributed by atoms with van der Waals surface area (Å²) in [4.78, 5) is 0.890. The molecule has 0 aliphatic heterocycles. The summed E-state index contributed by atoms with van der Waals surface area (Å²) in [6.07, 6.45) is 0. The number of benzene rings is 2. The number of thioether (sulfide) groups is 1. The molecule has 2 nitrogen and oxygen atoms in total. The zero-order valence-corrected chi connectivity index (χ0v) is 12.7. The first kappa shape index (κ1) is 14.2. The number of ether oxygens (including phenoxy) is 1. The first-order valence-corrected chi connectivity index (χ1v) is 7.38. The minimum atomic E-state index is -0.219. The van der Waals surface area contributed by atoms with Crippen molar-refractivity contribution >= 4 is 33.4 Å². The molecule has 0 bridgehead atoms. The van der Waals surface area contributed by atoms with Gasteiger partial charge in [-0.25, -0.2) is 4.39 Å². The molecular formula is C14H13BrFNOS. The van der Waals surface area contributed by atoms with Crippen molar-refractivity contribution in [2.75, 3.05) is 12.8 Å². The Morgan fingerprint density at radius 1 is 1.26 bits per heavy atom. The number of nitrogens with two attached hydrogens (primary N) is 1. The van der Waals surface area contributed by atoms with E-state index in [1.807, 2.05) is 12.1 Å². The maximum Gasteiger partial charge on any atom is 0.128 e. The van der Waals surface area contributed by atoms with Gasteiger partial charge in [0, 0.05) is 20.8 Å². The highest BCUT2D eigenvalue weighted by atomic mass is 79.9. The number of anilines is 1. The summed E-state index contributed by atoms with van der Waals surface area (Å²) in [5.74, 6) is 1.05. The van der Waals surface area contributed by atoms with Gasteiger partial charge >= 0.3 is 0 Å². The van der Waals surface area contributed by atoms with Crippen LogP contribution in [0.15, 0.2) is 45.8 Å². The van der Waals surface area contributed by atoms with Crippen LogP contribution < -0.4 is 10.5 Å². The van der Waals surface area contributed by atoms with Crippen LogP contribution in [0.2, 0.25) is 0 Å². The molecule has 0 aliphatic rings.